The largest absolute Gasteiger partial charge is 0.410 e. The summed E-state index contributed by atoms with van der Waals surface area (Å²) in [7, 11) is -2.90. The van der Waals surface area contributed by atoms with Gasteiger partial charge in [-0.05, 0) is 18.5 Å². The highest BCUT2D eigenvalue weighted by Crippen LogP contribution is 2.06. The molecule has 0 amide bonds. The molecular weight excluding hydrogens is 182 g/mol. The van der Waals surface area contributed by atoms with Crippen LogP contribution in [0.2, 0.25) is 6.04 Å². The number of unbranched alkanes of at least 4 members (excludes halogenated alkanes) is 1. The topological polar surface area (TPSA) is 52.5 Å². The fraction of sp³-hybridized carbons (Fsp3) is 1.00. The van der Waals surface area contributed by atoms with Crippen LogP contribution in [0.3, 0.4) is 0 Å². The Morgan fingerprint density at radius 1 is 1.31 bits per heavy atom. The first-order valence-corrected chi connectivity index (χ1v) is 7.44. The lowest BCUT2D eigenvalue weighted by molar-refractivity contribution is 0.347. The number of hydrogen-bond donors (Lipinski definition) is 3. The van der Waals surface area contributed by atoms with E-state index in [0.29, 0.717) is 18.1 Å². The maximum Gasteiger partial charge on any atom is 0.347 e. The summed E-state index contributed by atoms with van der Waals surface area (Å²) >= 11 is 0. The van der Waals surface area contributed by atoms with Crippen LogP contribution in [0.15, 0.2) is 0 Å². The van der Waals surface area contributed by atoms with Crippen molar-refractivity contribution in [3.63, 3.8) is 0 Å². The third kappa shape index (κ3) is 8.43. The highest BCUT2D eigenvalue weighted by Gasteiger charge is 2.27. The van der Waals surface area contributed by atoms with Crippen molar-refractivity contribution in [3.8, 4) is 0 Å². The van der Waals surface area contributed by atoms with Gasteiger partial charge in [0.1, 0.15) is 0 Å². The summed E-state index contributed by atoms with van der Waals surface area (Å²) < 4.78 is 0. The van der Waals surface area contributed by atoms with Crippen molar-refractivity contribution in [1.29, 1.82) is 0 Å². The Kier molecular flexibility index (Phi) is 6.58. The monoisotopic (exact) mass is 205 g/mol. The normalized spacial score (nSPS) is 12.5. The number of nitrogens with one attached hydrogen (secondary N) is 1. The van der Waals surface area contributed by atoms with E-state index in [1.165, 1.54) is 0 Å². The predicted molar refractivity (Wildman–Crippen MR) is 57.6 cm³/mol. The quantitative estimate of drug-likeness (QED) is 0.544. The van der Waals surface area contributed by atoms with Crippen LogP contribution >= 0.6 is 0 Å². The third-order valence-electron chi connectivity index (χ3n) is 1.89. The molecule has 0 aromatic rings. The van der Waals surface area contributed by atoms with Gasteiger partial charge >= 0.3 is 8.56 Å². The number of rotatable bonds is 7. The summed E-state index contributed by atoms with van der Waals surface area (Å²) in [5, 5.41) is 3.10. The molecule has 0 aromatic heterocycles. The molecule has 3 nitrogen and oxygen atoms in total. The molecule has 0 heterocycles. The van der Waals surface area contributed by atoms with Gasteiger partial charge in [0.15, 0.2) is 0 Å². The second kappa shape index (κ2) is 6.54. The summed E-state index contributed by atoms with van der Waals surface area (Å²) in [6, 6.07) is 0.592. The molecule has 0 spiro atoms. The second-order valence-electron chi connectivity index (χ2n) is 4.11. The zero-order valence-electron chi connectivity index (χ0n) is 9.01. The smallest absolute Gasteiger partial charge is 0.347 e. The first-order chi connectivity index (χ1) is 5.98. The van der Waals surface area contributed by atoms with Gasteiger partial charge in [0.2, 0.25) is 0 Å². The molecule has 3 N–H and O–H groups in total. The van der Waals surface area contributed by atoms with Crippen molar-refractivity contribution in [2.24, 2.45) is 5.92 Å². The predicted octanol–water partition coefficient (Wildman–Crippen LogP) is 0.998. The molecule has 4 heteroatoms. The fourth-order valence-electron chi connectivity index (χ4n) is 1.11. The van der Waals surface area contributed by atoms with Crippen LogP contribution in [0.25, 0.3) is 0 Å². The summed E-state index contributed by atoms with van der Waals surface area (Å²) in [6.07, 6.45) is 2.35. The standard InChI is InChI=1S/C9H23NO2Si/c1-4-5-6-13(11,12)8-10-7-9(2)3/h9-12H,4-8H2,1-3H3. The average molecular weight is 205 g/mol. The van der Waals surface area contributed by atoms with Gasteiger partial charge < -0.3 is 14.9 Å². The zero-order valence-corrected chi connectivity index (χ0v) is 10.0. The van der Waals surface area contributed by atoms with E-state index in [1.807, 2.05) is 0 Å². The lowest BCUT2D eigenvalue weighted by atomic mass is 10.2. The van der Waals surface area contributed by atoms with Gasteiger partial charge in [-0.25, -0.2) is 0 Å². The molecule has 0 bridgehead atoms. The van der Waals surface area contributed by atoms with Crippen molar-refractivity contribution in [1.82, 2.24) is 5.32 Å². The molecule has 0 rings (SSSR count). The molecule has 0 aliphatic carbocycles. The molecule has 0 atom stereocenters. The summed E-state index contributed by atoms with van der Waals surface area (Å²) in [6.45, 7) is 7.14. The summed E-state index contributed by atoms with van der Waals surface area (Å²) in [5.74, 6) is 0.566. The van der Waals surface area contributed by atoms with E-state index in [1.54, 1.807) is 0 Å². The van der Waals surface area contributed by atoms with Crippen molar-refractivity contribution < 1.29 is 9.59 Å². The van der Waals surface area contributed by atoms with Crippen molar-refractivity contribution >= 4 is 8.56 Å². The van der Waals surface area contributed by atoms with E-state index in [4.69, 9.17) is 0 Å². The molecule has 0 aliphatic heterocycles. The molecule has 0 saturated heterocycles. The molecule has 13 heavy (non-hydrogen) atoms. The molecule has 0 radical (unpaired) electrons. The lowest BCUT2D eigenvalue weighted by Crippen LogP contribution is -2.46. The van der Waals surface area contributed by atoms with E-state index in [-0.39, 0.29) is 0 Å². The molecule has 0 aliphatic rings. The van der Waals surface area contributed by atoms with E-state index < -0.39 is 8.56 Å². The Balaban J connectivity index is 3.50. The lowest BCUT2D eigenvalue weighted by Gasteiger charge is -2.18. The molecule has 0 aromatic carbocycles. The van der Waals surface area contributed by atoms with Gasteiger partial charge in [-0.2, -0.15) is 0 Å². The van der Waals surface area contributed by atoms with Crippen LogP contribution in [0.1, 0.15) is 33.6 Å². The van der Waals surface area contributed by atoms with E-state index in [2.05, 4.69) is 26.1 Å². The molecule has 0 unspecified atom stereocenters. The van der Waals surface area contributed by atoms with Gasteiger partial charge in [-0.3, -0.25) is 0 Å². The maximum atomic E-state index is 9.59. The van der Waals surface area contributed by atoms with E-state index >= 15 is 0 Å². The van der Waals surface area contributed by atoms with Crippen molar-refractivity contribution in [2.75, 3.05) is 12.7 Å². The second-order valence-corrected chi connectivity index (χ2v) is 6.93. The average Bonchev–Trinajstić information content (AvgIpc) is 2.00. The minimum absolute atomic E-state index is 0.408. The Hall–Kier alpha value is 0.0969. The van der Waals surface area contributed by atoms with Gasteiger partial charge in [0, 0.05) is 6.17 Å². The van der Waals surface area contributed by atoms with Gasteiger partial charge in [-0.1, -0.05) is 33.6 Å². The minimum Gasteiger partial charge on any atom is -0.410 e. The van der Waals surface area contributed by atoms with E-state index in [0.717, 1.165) is 19.4 Å². The molecule has 80 valence electrons. The fourth-order valence-corrected chi connectivity index (χ4v) is 2.75. The maximum absolute atomic E-state index is 9.59. The zero-order chi connectivity index (χ0) is 10.3. The molecular formula is C9H23NO2Si. The Morgan fingerprint density at radius 2 is 1.92 bits per heavy atom. The van der Waals surface area contributed by atoms with Crippen LogP contribution in [0.5, 0.6) is 0 Å². The minimum atomic E-state index is -2.90. The van der Waals surface area contributed by atoms with Crippen molar-refractivity contribution in [3.05, 3.63) is 0 Å². The van der Waals surface area contributed by atoms with Crippen LogP contribution in [0, 0.1) is 5.92 Å². The third-order valence-corrected chi connectivity index (χ3v) is 3.86. The summed E-state index contributed by atoms with van der Waals surface area (Å²) in [5.41, 5.74) is 0. The first kappa shape index (κ1) is 13.1. The van der Waals surface area contributed by atoms with Crippen LogP contribution in [-0.2, 0) is 0 Å². The number of hydrogen-bond acceptors (Lipinski definition) is 3. The highest BCUT2D eigenvalue weighted by molar-refractivity contribution is 6.64. The molecule has 0 saturated carbocycles. The van der Waals surface area contributed by atoms with Gasteiger partial charge in [0.05, 0.1) is 0 Å². The van der Waals surface area contributed by atoms with Gasteiger partial charge in [-0.15, -0.1) is 0 Å². The van der Waals surface area contributed by atoms with Crippen LogP contribution in [-0.4, -0.2) is 30.9 Å². The Bertz CT molecular complexity index is 129. The first-order valence-electron chi connectivity index (χ1n) is 5.13. The Morgan fingerprint density at radius 3 is 2.38 bits per heavy atom. The Labute approximate surface area is 82.4 Å². The van der Waals surface area contributed by atoms with E-state index in [9.17, 15) is 9.59 Å². The van der Waals surface area contributed by atoms with Crippen LogP contribution < -0.4 is 5.32 Å². The molecule has 0 fully saturated rings. The van der Waals surface area contributed by atoms with Crippen molar-refractivity contribution in [2.45, 2.75) is 39.7 Å². The highest BCUT2D eigenvalue weighted by atomic mass is 28.4. The SMILES string of the molecule is CCCC[Si](O)(O)CNCC(C)C. The summed E-state index contributed by atoms with van der Waals surface area (Å²) in [4.78, 5) is 19.2. The van der Waals surface area contributed by atoms with Crippen LogP contribution in [0.4, 0.5) is 0 Å². The van der Waals surface area contributed by atoms with Gasteiger partial charge in [0.25, 0.3) is 0 Å².